The van der Waals surface area contributed by atoms with E-state index in [4.69, 9.17) is 11.6 Å². The molecule has 154 valence electrons. The molecule has 1 atom stereocenters. The highest BCUT2D eigenvalue weighted by Gasteiger charge is 2.31. The highest BCUT2D eigenvalue weighted by molar-refractivity contribution is 7.89. The third-order valence-electron chi connectivity index (χ3n) is 4.85. The van der Waals surface area contributed by atoms with Gasteiger partial charge in [-0.15, -0.1) is 0 Å². The number of nitro benzene ring substituents is 1. The SMILES string of the molecule is CC1CCCCN1S(=O)(=O)c1cccc(C(=O)Nc2ccc(Cl)c([N+](=O)[O-])c2)c1. The summed E-state index contributed by atoms with van der Waals surface area (Å²) in [6.07, 6.45) is 2.59. The van der Waals surface area contributed by atoms with Crippen molar-refractivity contribution >= 4 is 38.9 Å². The van der Waals surface area contributed by atoms with E-state index in [-0.39, 0.29) is 32.9 Å². The van der Waals surface area contributed by atoms with Crippen LogP contribution in [0.1, 0.15) is 36.5 Å². The Balaban J connectivity index is 1.85. The average Bonchev–Trinajstić information content (AvgIpc) is 2.69. The number of carbonyl (C=O) groups is 1. The quantitative estimate of drug-likeness (QED) is 0.560. The number of sulfonamides is 1. The standard InChI is InChI=1S/C19H20ClN3O5S/c1-13-5-2-3-10-22(13)29(27,28)16-7-4-6-14(11-16)19(24)21-15-8-9-17(20)18(12-15)23(25)26/h4,6-9,11-13H,2-3,5,10H2,1H3,(H,21,24). The van der Waals surface area contributed by atoms with E-state index in [1.54, 1.807) is 0 Å². The van der Waals surface area contributed by atoms with Crippen LogP contribution < -0.4 is 5.32 Å². The summed E-state index contributed by atoms with van der Waals surface area (Å²) in [6, 6.07) is 9.56. The summed E-state index contributed by atoms with van der Waals surface area (Å²) in [5.74, 6) is -0.578. The van der Waals surface area contributed by atoms with Gasteiger partial charge in [0.2, 0.25) is 10.0 Å². The van der Waals surface area contributed by atoms with E-state index in [9.17, 15) is 23.3 Å². The zero-order chi connectivity index (χ0) is 21.2. The molecule has 10 heteroatoms. The van der Waals surface area contributed by atoms with Crippen LogP contribution in [0.5, 0.6) is 0 Å². The lowest BCUT2D eigenvalue weighted by Crippen LogP contribution is -2.41. The minimum absolute atomic E-state index is 0.0426. The van der Waals surface area contributed by atoms with Gasteiger partial charge in [-0.05, 0) is 50.1 Å². The molecule has 29 heavy (non-hydrogen) atoms. The second-order valence-corrected chi connectivity index (χ2v) is 9.16. The minimum Gasteiger partial charge on any atom is -0.322 e. The van der Waals surface area contributed by atoms with Gasteiger partial charge < -0.3 is 5.32 Å². The zero-order valence-electron chi connectivity index (χ0n) is 15.7. The second-order valence-electron chi connectivity index (χ2n) is 6.87. The largest absolute Gasteiger partial charge is 0.322 e. The van der Waals surface area contributed by atoms with Crippen molar-refractivity contribution in [3.63, 3.8) is 0 Å². The van der Waals surface area contributed by atoms with Crippen molar-refractivity contribution in [3.05, 3.63) is 63.2 Å². The van der Waals surface area contributed by atoms with Crippen LogP contribution in [0.4, 0.5) is 11.4 Å². The van der Waals surface area contributed by atoms with Crippen LogP contribution in [0.2, 0.25) is 5.02 Å². The van der Waals surface area contributed by atoms with Crippen LogP contribution in [0.15, 0.2) is 47.4 Å². The molecule has 2 aromatic carbocycles. The number of anilines is 1. The first kappa shape index (κ1) is 21.2. The molecule has 1 heterocycles. The van der Waals surface area contributed by atoms with Gasteiger partial charge in [0, 0.05) is 29.9 Å². The molecule has 0 radical (unpaired) electrons. The van der Waals surface area contributed by atoms with Crippen molar-refractivity contribution in [2.24, 2.45) is 0 Å². The van der Waals surface area contributed by atoms with Crippen molar-refractivity contribution < 1.29 is 18.1 Å². The van der Waals surface area contributed by atoms with E-state index in [2.05, 4.69) is 5.32 Å². The Morgan fingerprint density at radius 3 is 2.69 bits per heavy atom. The number of hydrogen-bond donors (Lipinski definition) is 1. The normalized spacial score (nSPS) is 17.7. The Bertz CT molecular complexity index is 1060. The summed E-state index contributed by atoms with van der Waals surface area (Å²) < 4.78 is 27.5. The number of piperidine rings is 1. The lowest BCUT2D eigenvalue weighted by molar-refractivity contribution is -0.384. The molecule has 1 amide bonds. The van der Waals surface area contributed by atoms with Gasteiger partial charge in [-0.3, -0.25) is 14.9 Å². The molecule has 1 unspecified atom stereocenters. The predicted octanol–water partition coefficient (Wildman–Crippen LogP) is 4.06. The molecule has 0 saturated carbocycles. The zero-order valence-corrected chi connectivity index (χ0v) is 17.2. The maximum Gasteiger partial charge on any atom is 0.289 e. The van der Waals surface area contributed by atoms with Gasteiger partial charge in [-0.2, -0.15) is 4.31 Å². The first-order valence-corrected chi connectivity index (χ1v) is 10.9. The lowest BCUT2D eigenvalue weighted by atomic mass is 10.1. The van der Waals surface area contributed by atoms with E-state index < -0.39 is 20.9 Å². The number of hydrogen-bond acceptors (Lipinski definition) is 5. The number of nitrogens with zero attached hydrogens (tertiary/aromatic N) is 2. The summed E-state index contributed by atoms with van der Waals surface area (Å²) >= 11 is 5.78. The van der Waals surface area contributed by atoms with Gasteiger partial charge in [0.15, 0.2) is 0 Å². The van der Waals surface area contributed by atoms with Gasteiger partial charge in [0.1, 0.15) is 5.02 Å². The van der Waals surface area contributed by atoms with Crippen molar-refractivity contribution in [2.75, 3.05) is 11.9 Å². The number of amides is 1. The maximum atomic E-state index is 13.0. The lowest BCUT2D eigenvalue weighted by Gasteiger charge is -2.32. The van der Waals surface area contributed by atoms with Crippen LogP contribution in [-0.2, 0) is 10.0 Å². The number of benzene rings is 2. The van der Waals surface area contributed by atoms with Crippen molar-refractivity contribution in [1.82, 2.24) is 4.31 Å². The highest BCUT2D eigenvalue weighted by atomic mass is 35.5. The molecule has 0 spiro atoms. The number of nitrogens with one attached hydrogen (secondary N) is 1. The molecule has 3 rings (SSSR count). The molecule has 0 aliphatic carbocycles. The van der Waals surface area contributed by atoms with Crippen LogP contribution in [0.25, 0.3) is 0 Å². The highest BCUT2D eigenvalue weighted by Crippen LogP contribution is 2.28. The third kappa shape index (κ3) is 4.58. The third-order valence-corrected chi connectivity index (χ3v) is 7.17. The Hall–Kier alpha value is -2.49. The fourth-order valence-electron chi connectivity index (χ4n) is 3.30. The Morgan fingerprint density at radius 2 is 2.00 bits per heavy atom. The van der Waals surface area contributed by atoms with E-state index in [0.717, 1.165) is 25.3 Å². The van der Waals surface area contributed by atoms with E-state index in [0.29, 0.717) is 6.54 Å². The summed E-state index contributed by atoms with van der Waals surface area (Å²) in [4.78, 5) is 23.0. The summed E-state index contributed by atoms with van der Waals surface area (Å²) in [5.41, 5.74) is -0.0164. The molecule has 8 nitrogen and oxygen atoms in total. The molecule has 1 N–H and O–H groups in total. The summed E-state index contributed by atoms with van der Waals surface area (Å²) in [5, 5.41) is 13.5. The van der Waals surface area contributed by atoms with Gasteiger partial charge in [-0.1, -0.05) is 24.1 Å². The van der Waals surface area contributed by atoms with Gasteiger partial charge >= 0.3 is 0 Å². The van der Waals surface area contributed by atoms with Crippen LogP contribution in [0, 0.1) is 10.1 Å². The predicted molar refractivity (Wildman–Crippen MR) is 110 cm³/mol. The first-order valence-electron chi connectivity index (χ1n) is 9.07. The topological polar surface area (TPSA) is 110 Å². The minimum atomic E-state index is -3.72. The van der Waals surface area contributed by atoms with Gasteiger partial charge in [0.05, 0.1) is 9.82 Å². The number of halogens is 1. The molecule has 0 bridgehead atoms. The van der Waals surface area contributed by atoms with Gasteiger partial charge in [-0.25, -0.2) is 8.42 Å². The number of nitro groups is 1. The van der Waals surface area contributed by atoms with Crippen molar-refractivity contribution in [3.8, 4) is 0 Å². The van der Waals surface area contributed by atoms with Crippen LogP contribution >= 0.6 is 11.6 Å². The monoisotopic (exact) mass is 437 g/mol. The molecular weight excluding hydrogens is 418 g/mol. The maximum absolute atomic E-state index is 13.0. The smallest absolute Gasteiger partial charge is 0.289 e. The van der Waals surface area contributed by atoms with Crippen LogP contribution in [0.3, 0.4) is 0 Å². The molecule has 0 aromatic heterocycles. The van der Waals surface area contributed by atoms with E-state index in [1.165, 1.54) is 40.7 Å². The Kier molecular flexibility index (Phi) is 6.21. The number of carbonyl (C=O) groups excluding carboxylic acids is 1. The molecular formula is C19H20ClN3O5S. The van der Waals surface area contributed by atoms with Gasteiger partial charge in [0.25, 0.3) is 11.6 Å². The Morgan fingerprint density at radius 1 is 1.24 bits per heavy atom. The molecule has 1 aliphatic heterocycles. The molecule has 1 aliphatic rings. The average molecular weight is 438 g/mol. The Labute approximate surface area is 173 Å². The second kappa shape index (κ2) is 8.48. The summed E-state index contributed by atoms with van der Waals surface area (Å²) in [7, 11) is -3.72. The fraction of sp³-hybridized carbons (Fsp3) is 0.316. The van der Waals surface area contributed by atoms with E-state index in [1.807, 2.05) is 6.92 Å². The van der Waals surface area contributed by atoms with Crippen LogP contribution in [-0.4, -0.2) is 36.1 Å². The molecule has 2 aromatic rings. The first-order chi connectivity index (χ1) is 13.7. The summed E-state index contributed by atoms with van der Waals surface area (Å²) in [6.45, 7) is 2.33. The van der Waals surface area contributed by atoms with Crippen molar-refractivity contribution in [1.29, 1.82) is 0 Å². The molecule has 1 saturated heterocycles. The fourth-order valence-corrected chi connectivity index (χ4v) is 5.23. The number of rotatable bonds is 5. The van der Waals surface area contributed by atoms with E-state index >= 15 is 0 Å². The molecule has 1 fully saturated rings. The van der Waals surface area contributed by atoms with Crippen molar-refractivity contribution in [2.45, 2.75) is 37.1 Å².